The molecule has 20 heavy (non-hydrogen) atoms. The van der Waals surface area contributed by atoms with Crippen LogP contribution in [-0.4, -0.2) is 11.1 Å². The first-order valence-corrected chi connectivity index (χ1v) is 8.04. The summed E-state index contributed by atoms with van der Waals surface area (Å²) in [6, 6.07) is 15.4. The summed E-state index contributed by atoms with van der Waals surface area (Å²) < 4.78 is 1.24. The molecule has 0 fully saturated rings. The van der Waals surface area contributed by atoms with Gasteiger partial charge in [0.1, 0.15) is 0 Å². The fraction of sp³-hybridized carbons (Fsp3) is 0.0625. The van der Waals surface area contributed by atoms with Crippen molar-refractivity contribution in [3.63, 3.8) is 0 Å². The van der Waals surface area contributed by atoms with Crippen molar-refractivity contribution in [2.45, 2.75) is 5.33 Å². The molecule has 2 aromatic carbocycles. The van der Waals surface area contributed by atoms with Gasteiger partial charge >= 0.3 is 5.97 Å². The van der Waals surface area contributed by atoms with Gasteiger partial charge in [-0.3, -0.25) is 0 Å². The van der Waals surface area contributed by atoms with Gasteiger partial charge in [-0.05, 0) is 34.7 Å². The van der Waals surface area contributed by atoms with Crippen LogP contribution < -0.4 is 0 Å². The summed E-state index contributed by atoms with van der Waals surface area (Å²) in [4.78, 5) is 12.2. The molecule has 0 unspecified atom stereocenters. The molecule has 100 valence electrons. The highest BCUT2D eigenvalue weighted by atomic mass is 79.9. The predicted molar refractivity (Wildman–Crippen MR) is 86.9 cm³/mol. The third-order valence-corrected chi connectivity index (χ3v) is 5.33. The number of carboxylic acid groups (broad SMARTS) is 1. The molecule has 0 bridgehead atoms. The largest absolute Gasteiger partial charge is 0.478 e. The van der Waals surface area contributed by atoms with E-state index in [-0.39, 0.29) is 0 Å². The minimum absolute atomic E-state index is 0.313. The Labute approximate surface area is 128 Å². The number of fused-ring (bicyclic) bond motifs is 1. The van der Waals surface area contributed by atoms with Gasteiger partial charge in [-0.1, -0.05) is 46.3 Å². The summed E-state index contributed by atoms with van der Waals surface area (Å²) in [5.41, 5.74) is 2.51. The van der Waals surface area contributed by atoms with Crippen molar-refractivity contribution in [2.75, 3.05) is 0 Å². The maximum atomic E-state index is 10.9. The van der Waals surface area contributed by atoms with Gasteiger partial charge in [-0.25, -0.2) is 4.79 Å². The number of carbonyl (C=O) groups is 1. The number of thiophene rings is 1. The van der Waals surface area contributed by atoms with Gasteiger partial charge in [0.05, 0.1) is 5.56 Å². The Balaban J connectivity index is 2.13. The molecule has 1 aromatic heterocycles. The SMILES string of the molecule is O=C(O)c1ccc(-c2cccc3cc(CBr)sc23)cc1. The molecule has 4 heteroatoms. The van der Waals surface area contributed by atoms with Crippen molar-refractivity contribution in [3.05, 3.63) is 59.0 Å². The van der Waals surface area contributed by atoms with Crippen molar-refractivity contribution in [2.24, 2.45) is 0 Å². The molecular formula is C16H11BrO2S. The number of rotatable bonds is 3. The van der Waals surface area contributed by atoms with Crippen LogP contribution >= 0.6 is 27.3 Å². The van der Waals surface area contributed by atoms with Gasteiger partial charge in [0.25, 0.3) is 0 Å². The van der Waals surface area contributed by atoms with Crippen LogP contribution in [0.1, 0.15) is 15.2 Å². The number of halogens is 1. The Hall–Kier alpha value is -1.65. The molecule has 1 N–H and O–H groups in total. The van der Waals surface area contributed by atoms with Crippen molar-refractivity contribution < 1.29 is 9.90 Å². The van der Waals surface area contributed by atoms with Crippen molar-refractivity contribution >= 4 is 43.3 Å². The molecule has 0 aliphatic heterocycles. The van der Waals surface area contributed by atoms with Crippen LogP contribution in [0.2, 0.25) is 0 Å². The number of alkyl halides is 1. The van der Waals surface area contributed by atoms with Gasteiger partial charge in [0.15, 0.2) is 0 Å². The topological polar surface area (TPSA) is 37.3 Å². The molecule has 0 spiro atoms. The van der Waals surface area contributed by atoms with E-state index < -0.39 is 5.97 Å². The van der Waals surface area contributed by atoms with Gasteiger partial charge in [-0.15, -0.1) is 11.3 Å². The normalized spacial score (nSPS) is 10.8. The van der Waals surface area contributed by atoms with Gasteiger partial charge in [0, 0.05) is 14.9 Å². The number of hydrogen-bond donors (Lipinski definition) is 1. The molecule has 0 atom stereocenters. The minimum Gasteiger partial charge on any atom is -0.478 e. The highest BCUT2D eigenvalue weighted by molar-refractivity contribution is 9.08. The van der Waals surface area contributed by atoms with Crippen LogP contribution in [0, 0.1) is 0 Å². The smallest absolute Gasteiger partial charge is 0.335 e. The summed E-state index contributed by atoms with van der Waals surface area (Å²) in [6.45, 7) is 0. The van der Waals surface area contributed by atoms with E-state index in [0.717, 1.165) is 16.5 Å². The van der Waals surface area contributed by atoms with E-state index in [0.29, 0.717) is 5.56 Å². The van der Waals surface area contributed by atoms with Crippen molar-refractivity contribution in [3.8, 4) is 11.1 Å². The third kappa shape index (κ3) is 2.37. The first-order valence-electron chi connectivity index (χ1n) is 6.10. The third-order valence-electron chi connectivity index (χ3n) is 3.17. The summed E-state index contributed by atoms with van der Waals surface area (Å²) >= 11 is 5.25. The first-order chi connectivity index (χ1) is 9.69. The molecule has 3 rings (SSSR count). The molecular weight excluding hydrogens is 336 g/mol. The second-order valence-electron chi connectivity index (χ2n) is 4.45. The van der Waals surface area contributed by atoms with E-state index in [4.69, 9.17) is 5.11 Å². The fourth-order valence-corrected chi connectivity index (χ4v) is 3.75. The van der Waals surface area contributed by atoms with Crippen LogP contribution in [0.3, 0.4) is 0 Å². The first kappa shape index (κ1) is 13.3. The standard InChI is InChI=1S/C16H11BrO2S/c17-9-13-8-12-2-1-3-14(15(12)20-13)10-4-6-11(7-5-10)16(18)19/h1-8H,9H2,(H,18,19). The molecule has 0 saturated carbocycles. The second-order valence-corrected chi connectivity index (χ2v) is 6.15. The van der Waals surface area contributed by atoms with E-state index >= 15 is 0 Å². The van der Waals surface area contributed by atoms with Crippen LogP contribution in [0.25, 0.3) is 21.2 Å². The van der Waals surface area contributed by atoms with Crippen molar-refractivity contribution in [1.29, 1.82) is 0 Å². The summed E-state index contributed by atoms with van der Waals surface area (Å²) in [6.07, 6.45) is 0. The average Bonchev–Trinajstić information content (AvgIpc) is 2.90. The monoisotopic (exact) mass is 346 g/mol. The number of carboxylic acids is 1. The Kier molecular flexibility index (Phi) is 3.59. The van der Waals surface area contributed by atoms with E-state index in [9.17, 15) is 4.79 Å². The summed E-state index contributed by atoms with van der Waals surface area (Å²) in [5.74, 6) is -0.896. The number of benzene rings is 2. The zero-order valence-electron chi connectivity index (χ0n) is 10.5. The minimum atomic E-state index is -0.896. The highest BCUT2D eigenvalue weighted by Gasteiger charge is 2.09. The fourth-order valence-electron chi connectivity index (χ4n) is 2.20. The Morgan fingerprint density at radius 3 is 2.55 bits per heavy atom. The molecule has 0 aliphatic rings. The molecule has 3 aromatic rings. The van der Waals surface area contributed by atoms with Crippen LogP contribution in [0.5, 0.6) is 0 Å². The summed E-state index contributed by atoms with van der Waals surface area (Å²) in [5, 5.41) is 11.0. The quantitative estimate of drug-likeness (QED) is 0.665. The molecule has 0 amide bonds. The van der Waals surface area contributed by atoms with Crippen molar-refractivity contribution in [1.82, 2.24) is 0 Å². The number of aromatic carboxylic acids is 1. The van der Waals surface area contributed by atoms with E-state index in [2.05, 4.69) is 34.1 Å². The Morgan fingerprint density at radius 2 is 1.90 bits per heavy atom. The number of hydrogen-bond acceptors (Lipinski definition) is 2. The van der Waals surface area contributed by atoms with E-state index in [1.165, 1.54) is 15.0 Å². The molecule has 2 nitrogen and oxygen atoms in total. The predicted octanol–water partition coefficient (Wildman–Crippen LogP) is 5.16. The van der Waals surface area contributed by atoms with Gasteiger partial charge in [-0.2, -0.15) is 0 Å². The maximum absolute atomic E-state index is 10.9. The van der Waals surface area contributed by atoms with E-state index in [1.807, 2.05) is 18.2 Å². The van der Waals surface area contributed by atoms with Gasteiger partial charge in [0.2, 0.25) is 0 Å². The zero-order valence-corrected chi connectivity index (χ0v) is 12.9. The van der Waals surface area contributed by atoms with Crippen LogP contribution in [0.15, 0.2) is 48.5 Å². The highest BCUT2D eigenvalue weighted by Crippen LogP contribution is 2.35. The molecule has 0 aliphatic carbocycles. The van der Waals surface area contributed by atoms with E-state index in [1.54, 1.807) is 23.5 Å². The van der Waals surface area contributed by atoms with Crippen LogP contribution in [0.4, 0.5) is 0 Å². The lowest BCUT2D eigenvalue weighted by atomic mass is 10.0. The Bertz CT molecular complexity index is 775. The summed E-state index contributed by atoms with van der Waals surface area (Å²) in [7, 11) is 0. The zero-order chi connectivity index (χ0) is 14.1. The lowest BCUT2D eigenvalue weighted by Gasteiger charge is -2.04. The van der Waals surface area contributed by atoms with Crippen LogP contribution in [-0.2, 0) is 5.33 Å². The Morgan fingerprint density at radius 1 is 1.15 bits per heavy atom. The average molecular weight is 347 g/mol. The second kappa shape index (κ2) is 5.38. The maximum Gasteiger partial charge on any atom is 0.335 e. The lowest BCUT2D eigenvalue weighted by Crippen LogP contribution is -1.94. The molecule has 1 heterocycles. The lowest BCUT2D eigenvalue weighted by molar-refractivity contribution is 0.0697. The molecule has 0 saturated heterocycles. The molecule has 0 radical (unpaired) electrons. The van der Waals surface area contributed by atoms with Gasteiger partial charge < -0.3 is 5.11 Å².